The van der Waals surface area contributed by atoms with Gasteiger partial charge >= 0.3 is 0 Å². The number of hydrogen-bond acceptors (Lipinski definition) is 4. The molecule has 1 heterocycles. The van der Waals surface area contributed by atoms with E-state index < -0.39 is 0 Å². The first-order chi connectivity index (χ1) is 5.72. The van der Waals surface area contributed by atoms with Crippen LogP contribution in [0.5, 0.6) is 0 Å². The van der Waals surface area contributed by atoms with E-state index in [0.29, 0.717) is 11.6 Å². The number of rotatable bonds is 2. The van der Waals surface area contributed by atoms with E-state index in [1.54, 1.807) is 0 Å². The number of amidine groups is 1. The Kier molecular flexibility index (Phi) is 3.28. The van der Waals surface area contributed by atoms with Crippen molar-refractivity contribution in [3.8, 4) is 0 Å². The molecule has 0 atom stereocenters. The number of amides is 1. The van der Waals surface area contributed by atoms with Crippen LogP contribution < -0.4 is 5.32 Å². The lowest BCUT2D eigenvalue weighted by Crippen LogP contribution is -2.26. The minimum absolute atomic E-state index is 0.0122. The summed E-state index contributed by atoms with van der Waals surface area (Å²) in [7, 11) is 0. The van der Waals surface area contributed by atoms with E-state index in [2.05, 4.69) is 10.3 Å². The lowest BCUT2D eigenvalue weighted by Gasteiger charge is -1.99. The standard InChI is InChI=1S/C7H10N2O2S/c1-2-3-5(10)9-7-8-4-6(11)12-7/h2-4H2,1H3,(H,8,9,10). The predicted octanol–water partition coefficient (Wildman–Crippen LogP) is 0.532. The van der Waals surface area contributed by atoms with Crippen LogP contribution >= 0.6 is 11.8 Å². The van der Waals surface area contributed by atoms with Crippen molar-refractivity contribution >= 4 is 28.0 Å². The molecular formula is C7H10N2O2S. The Labute approximate surface area is 74.8 Å². The quantitative estimate of drug-likeness (QED) is 0.684. The zero-order chi connectivity index (χ0) is 8.97. The zero-order valence-corrected chi connectivity index (χ0v) is 7.61. The van der Waals surface area contributed by atoms with Crippen molar-refractivity contribution in [3.05, 3.63) is 0 Å². The average Bonchev–Trinajstić information content (AvgIpc) is 2.36. The molecule has 4 nitrogen and oxygen atoms in total. The molecule has 0 aliphatic carbocycles. The molecule has 1 amide bonds. The third kappa shape index (κ3) is 2.65. The fourth-order valence-corrected chi connectivity index (χ4v) is 1.42. The molecule has 1 N–H and O–H groups in total. The fraction of sp³-hybridized carbons (Fsp3) is 0.571. The minimum Gasteiger partial charge on any atom is -0.305 e. The summed E-state index contributed by atoms with van der Waals surface area (Å²) in [5.41, 5.74) is 0. The number of aliphatic imine (C=N–C) groups is 1. The normalized spacial score (nSPS) is 16.1. The number of carbonyl (C=O) groups is 2. The van der Waals surface area contributed by atoms with Crippen LogP contribution in [0.4, 0.5) is 0 Å². The van der Waals surface area contributed by atoms with Gasteiger partial charge in [-0.15, -0.1) is 0 Å². The number of hydrogen-bond donors (Lipinski definition) is 1. The lowest BCUT2D eigenvalue weighted by molar-refractivity contribution is -0.119. The van der Waals surface area contributed by atoms with Gasteiger partial charge in [-0.1, -0.05) is 6.92 Å². The molecule has 0 aromatic rings. The van der Waals surface area contributed by atoms with Gasteiger partial charge in [0.1, 0.15) is 6.54 Å². The molecule has 5 heteroatoms. The van der Waals surface area contributed by atoms with Gasteiger partial charge < -0.3 is 5.32 Å². The van der Waals surface area contributed by atoms with E-state index in [1.165, 1.54) is 0 Å². The summed E-state index contributed by atoms with van der Waals surface area (Å²) in [6, 6.07) is 0. The van der Waals surface area contributed by atoms with Crippen molar-refractivity contribution in [1.82, 2.24) is 5.32 Å². The first-order valence-electron chi connectivity index (χ1n) is 3.77. The molecule has 0 fully saturated rings. The van der Waals surface area contributed by atoms with Gasteiger partial charge in [-0.2, -0.15) is 0 Å². The number of nitrogens with zero attached hydrogens (tertiary/aromatic N) is 1. The highest BCUT2D eigenvalue weighted by Crippen LogP contribution is 2.11. The van der Waals surface area contributed by atoms with Crippen molar-refractivity contribution in [3.63, 3.8) is 0 Å². The van der Waals surface area contributed by atoms with Crippen LogP contribution in [-0.2, 0) is 9.59 Å². The third-order valence-corrected chi connectivity index (χ3v) is 2.07. The Morgan fingerprint density at radius 2 is 2.50 bits per heavy atom. The van der Waals surface area contributed by atoms with Crippen molar-refractivity contribution < 1.29 is 9.59 Å². The van der Waals surface area contributed by atoms with E-state index in [1.807, 2.05) is 6.92 Å². The maximum atomic E-state index is 11.0. The zero-order valence-electron chi connectivity index (χ0n) is 6.79. The smallest absolute Gasteiger partial charge is 0.225 e. The highest BCUT2D eigenvalue weighted by atomic mass is 32.2. The molecule has 0 radical (unpaired) electrons. The van der Waals surface area contributed by atoms with E-state index in [-0.39, 0.29) is 17.6 Å². The molecule has 0 unspecified atom stereocenters. The molecule has 0 spiro atoms. The summed E-state index contributed by atoms with van der Waals surface area (Å²) in [5, 5.41) is 2.99. The molecule has 0 aromatic carbocycles. The first kappa shape index (κ1) is 9.25. The van der Waals surface area contributed by atoms with E-state index in [0.717, 1.165) is 18.2 Å². The number of carbonyl (C=O) groups excluding carboxylic acids is 2. The second kappa shape index (κ2) is 4.25. The Morgan fingerprint density at radius 1 is 1.75 bits per heavy atom. The maximum Gasteiger partial charge on any atom is 0.225 e. The highest BCUT2D eigenvalue weighted by molar-refractivity contribution is 8.26. The maximum absolute atomic E-state index is 11.0. The molecule has 0 saturated heterocycles. The largest absolute Gasteiger partial charge is 0.305 e. The molecule has 0 saturated carbocycles. The fourth-order valence-electron chi connectivity index (χ4n) is 0.783. The second-order valence-corrected chi connectivity index (χ2v) is 3.44. The van der Waals surface area contributed by atoms with Crippen molar-refractivity contribution in [2.75, 3.05) is 6.54 Å². The predicted molar refractivity (Wildman–Crippen MR) is 48.0 cm³/mol. The third-order valence-electron chi connectivity index (χ3n) is 1.29. The highest BCUT2D eigenvalue weighted by Gasteiger charge is 2.16. The van der Waals surface area contributed by atoms with Gasteiger partial charge in [-0.25, -0.2) is 0 Å². The second-order valence-electron chi connectivity index (χ2n) is 2.39. The Balaban J connectivity index is 2.32. The van der Waals surface area contributed by atoms with E-state index in [4.69, 9.17) is 0 Å². The summed E-state index contributed by atoms with van der Waals surface area (Å²) < 4.78 is 0. The molecule has 1 aliphatic heterocycles. The molecular weight excluding hydrogens is 176 g/mol. The topological polar surface area (TPSA) is 58.5 Å². The minimum atomic E-state index is -0.0709. The van der Waals surface area contributed by atoms with Crippen molar-refractivity contribution in [2.45, 2.75) is 19.8 Å². The summed E-state index contributed by atoms with van der Waals surface area (Å²) >= 11 is 0.999. The van der Waals surface area contributed by atoms with Gasteiger partial charge in [0, 0.05) is 6.42 Å². The Bertz CT molecular complexity index is 238. The molecule has 0 bridgehead atoms. The van der Waals surface area contributed by atoms with Crippen LogP contribution in [0.1, 0.15) is 19.8 Å². The summed E-state index contributed by atoms with van der Waals surface area (Å²) in [4.78, 5) is 25.5. The summed E-state index contributed by atoms with van der Waals surface area (Å²) in [6.07, 6.45) is 1.28. The van der Waals surface area contributed by atoms with E-state index in [9.17, 15) is 9.59 Å². The SMILES string of the molecule is CCCC(=O)NC1=NCC(=O)S1. The molecule has 66 valence electrons. The van der Waals surface area contributed by atoms with Crippen LogP contribution in [0, 0.1) is 0 Å². The van der Waals surface area contributed by atoms with Crippen LogP contribution in [0.15, 0.2) is 4.99 Å². The lowest BCUT2D eigenvalue weighted by atomic mass is 10.3. The van der Waals surface area contributed by atoms with Crippen molar-refractivity contribution in [2.24, 2.45) is 4.99 Å². The molecule has 12 heavy (non-hydrogen) atoms. The summed E-state index contributed by atoms with van der Waals surface area (Å²) in [6.45, 7) is 2.11. The molecule has 1 aliphatic rings. The average molecular weight is 186 g/mol. The first-order valence-corrected chi connectivity index (χ1v) is 4.59. The van der Waals surface area contributed by atoms with Gasteiger partial charge in [-0.3, -0.25) is 14.6 Å². The van der Waals surface area contributed by atoms with Crippen LogP contribution in [-0.4, -0.2) is 22.7 Å². The Hall–Kier alpha value is -0.840. The number of thioether (sulfide) groups is 1. The van der Waals surface area contributed by atoms with Crippen molar-refractivity contribution in [1.29, 1.82) is 0 Å². The van der Waals surface area contributed by atoms with E-state index >= 15 is 0 Å². The molecule has 0 aromatic heterocycles. The van der Waals surface area contributed by atoms with Crippen LogP contribution in [0.3, 0.4) is 0 Å². The van der Waals surface area contributed by atoms with Gasteiger partial charge in [0.05, 0.1) is 0 Å². The van der Waals surface area contributed by atoms with Gasteiger partial charge in [-0.05, 0) is 18.2 Å². The van der Waals surface area contributed by atoms with Gasteiger partial charge in [0.25, 0.3) is 0 Å². The Morgan fingerprint density at radius 3 is 3.00 bits per heavy atom. The van der Waals surface area contributed by atoms with Crippen LogP contribution in [0.2, 0.25) is 0 Å². The molecule has 1 rings (SSSR count). The monoisotopic (exact) mass is 186 g/mol. The van der Waals surface area contributed by atoms with Gasteiger partial charge in [0.2, 0.25) is 11.0 Å². The van der Waals surface area contributed by atoms with Crippen LogP contribution in [0.25, 0.3) is 0 Å². The number of nitrogens with one attached hydrogen (secondary N) is 1. The summed E-state index contributed by atoms with van der Waals surface area (Å²) in [5.74, 6) is -0.0709. The van der Waals surface area contributed by atoms with Gasteiger partial charge in [0.15, 0.2) is 5.17 Å².